The Morgan fingerprint density at radius 3 is 2.52 bits per heavy atom. The number of benzene rings is 1. The van der Waals surface area contributed by atoms with Crippen molar-refractivity contribution < 1.29 is 9.84 Å². The van der Waals surface area contributed by atoms with Gasteiger partial charge in [-0.05, 0) is 50.0 Å². The average Bonchev–Trinajstić information content (AvgIpc) is 2.64. The Morgan fingerprint density at radius 2 is 1.96 bits per heavy atom. The number of nitrogens with zero attached hydrogens (tertiary/aromatic N) is 2. The lowest BCUT2D eigenvalue weighted by atomic mass is 10.3. The molecule has 5 heteroatoms. The summed E-state index contributed by atoms with van der Waals surface area (Å²) in [6.45, 7) is 9.13. The molecular formula is C20H25N3O2. The largest absolute Gasteiger partial charge is 0.439 e. The van der Waals surface area contributed by atoms with Crippen LogP contribution in [0.15, 0.2) is 77.8 Å². The van der Waals surface area contributed by atoms with E-state index in [9.17, 15) is 0 Å². The number of ether oxygens (including phenoxy) is 1. The Labute approximate surface area is 149 Å². The summed E-state index contributed by atoms with van der Waals surface area (Å²) < 4.78 is 5.61. The Hall–Kier alpha value is -2.92. The molecule has 0 amide bonds. The number of hydrogen-bond acceptors (Lipinski definition) is 5. The Morgan fingerprint density at radius 1 is 1.24 bits per heavy atom. The van der Waals surface area contributed by atoms with E-state index in [4.69, 9.17) is 9.84 Å². The first-order valence-corrected chi connectivity index (χ1v) is 8.16. The van der Waals surface area contributed by atoms with Crippen LogP contribution in [0, 0.1) is 0 Å². The molecule has 0 saturated carbocycles. The Bertz CT molecular complexity index is 678. The molecule has 2 rings (SSSR count). The lowest BCUT2D eigenvalue weighted by Gasteiger charge is -2.08. The fourth-order valence-corrected chi connectivity index (χ4v) is 1.73. The molecule has 0 fully saturated rings. The molecule has 1 aromatic carbocycles. The van der Waals surface area contributed by atoms with Crippen molar-refractivity contribution >= 4 is 18.2 Å². The van der Waals surface area contributed by atoms with Crippen LogP contribution in [-0.4, -0.2) is 22.9 Å². The van der Waals surface area contributed by atoms with Gasteiger partial charge in [0, 0.05) is 18.0 Å². The van der Waals surface area contributed by atoms with E-state index in [-0.39, 0.29) is 0 Å². The van der Waals surface area contributed by atoms with Crippen LogP contribution in [0.5, 0.6) is 5.75 Å². The van der Waals surface area contributed by atoms with E-state index in [1.54, 1.807) is 31.3 Å². The van der Waals surface area contributed by atoms with Gasteiger partial charge in [0.15, 0.2) is 0 Å². The van der Waals surface area contributed by atoms with Gasteiger partial charge in [0.25, 0.3) is 0 Å². The van der Waals surface area contributed by atoms with Crippen LogP contribution in [0.2, 0.25) is 0 Å². The zero-order chi connectivity index (χ0) is 18.5. The third-order valence-corrected chi connectivity index (χ3v) is 2.80. The van der Waals surface area contributed by atoms with Crippen LogP contribution in [0.1, 0.15) is 20.8 Å². The molecule has 0 aliphatic carbocycles. The van der Waals surface area contributed by atoms with Gasteiger partial charge in [-0.25, -0.2) is 9.98 Å². The highest BCUT2D eigenvalue weighted by atomic mass is 16.5. The topological polar surface area (TPSA) is 66.7 Å². The van der Waals surface area contributed by atoms with E-state index >= 15 is 0 Å². The van der Waals surface area contributed by atoms with E-state index in [1.807, 2.05) is 56.3 Å². The van der Waals surface area contributed by atoms with Gasteiger partial charge in [-0.15, -0.1) is 0 Å². The van der Waals surface area contributed by atoms with Crippen molar-refractivity contribution in [2.24, 2.45) is 4.99 Å². The predicted octanol–water partition coefficient (Wildman–Crippen LogP) is 4.71. The molecule has 1 atom stereocenters. The normalized spacial score (nSPS) is 12.1. The number of aromatic nitrogens is 1. The zero-order valence-corrected chi connectivity index (χ0v) is 14.9. The summed E-state index contributed by atoms with van der Waals surface area (Å²) in [5, 5.41) is 12.4. The van der Waals surface area contributed by atoms with Crippen LogP contribution in [0.4, 0.5) is 11.5 Å². The van der Waals surface area contributed by atoms with Crippen molar-refractivity contribution in [3.05, 3.63) is 72.8 Å². The molecule has 0 aliphatic heterocycles. The molecular weight excluding hydrogens is 314 g/mol. The number of aliphatic imine (C=N–C) groups is 1. The van der Waals surface area contributed by atoms with Crippen molar-refractivity contribution in [2.75, 3.05) is 5.32 Å². The maximum absolute atomic E-state index is 9.16. The lowest BCUT2D eigenvalue weighted by molar-refractivity contribution is 0.244. The van der Waals surface area contributed by atoms with Gasteiger partial charge in [0.1, 0.15) is 11.6 Å². The van der Waals surface area contributed by atoms with Gasteiger partial charge < -0.3 is 15.2 Å². The molecule has 1 unspecified atom stereocenters. The molecule has 2 aromatic rings. The molecule has 25 heavy (non-hydrogen) atoms. The molecule has 0 radical (unpaired) electrons. The van der Waals surface area contributed by atoms with E-state index in [0.717, 1.165) is 11.5 Å². The van der Waals surface area contributed by atoms with Gasteiger partial charge >= 0.3 is 0 Å². The van der Waals surface area contributed by atoms with Crippen LogP contribution in [-0.2, 0) is 0 Å². The predicted molar refractivity (Wildman–Crippen MR) is 104 cm³/mol. The fourth-order valence-electron chi connectivity index (χ4n) is 1.73. The molecule has 0 spiro atoms. The van der Waals surface area contributed by atoms with E-state index < -0.39 is 6.10 Å². The van der Waals surface area contributed by atoms with Crippen LogP contribution in [0.3, 0.4) is 0 Å². The summed E-state index contributed by atoms with van der Waals surface area (Å²) in [5.74, 6) is 1.77. The van der Waals surface area contributed by atoms with Crippen LogP contribution < -0.4 is 10.1 Å². The first-order valence-electron chi connectivity index (χ1n) is 8.16. The molecule has 5 nitrogen and oxygen atoms in total. The van der Waals surface area contributed by atoms with Gasteiger partial charge in [-0.2, -0.15) is 0 Å². The smallest absolute Gasteiger partial charge is 0.218 e. The highest BCUT2D eigenvalue weighted by Gasteiger charge is 1.99. The maximum Gasteiger partial charge on any atom is 0.218 e. The van der Waals surface area contributed by atoms with Crippen molar-refractivity contribution in [3.8, 4) is 5.75 Å². The highest BCUT2D eigenvalue weighted by Crippen LogP contribution is 2.20. The number of aliphatic hydroxyl groups is 1. The standard InChI is InChI=1S/C18H19N3O2.C2H6/c1-14(22)6-5-8-18(19-2)23-16-11-9-15(10-12-16)21-17-7-3-4-13-20-17;1-2/h3-14,22H,2H2,1H3,(H,20,21);1-2H3/b6-5+,18-8-;. The van der Waals surface area contributed by atoms with Gasteiger partial charge in [0.05, 0.1) is 6.10 Å². The number of hydrogen-bond donors (Lipinski definition) is 2. The summed E-state index contributed by atoms with van der Waals surface area (Å²) in [6.07, 6.45) is 6.14. The maximum atomic E-state index is 9.16. The second-order valence-corrected chi connectivity index (χ2v) is 4.75. The Kier molecular flexibility index (Phi) is 9.33. The molecule has 2 N–H and O–H groups in total. The minimum absolute atomic E-state index is 0.354. The summed E-state index contributed by atoms with van der Waals surface area (Å²) >= 11 is 0. The summed E-state index contributed by atoms with van der Waals surface area (Å²) in [6, 6.07) is 13.1. The average molecular weight is 339 g/mol. The van der Waals surface area contributed by atoms with Crippen LogP contribution >= 0.6 is 0 Å². The van der Waals surface area contributed by atoms with Gasteiger partial charge in [0.2, 0.25) is 5.88 Å². The van der Waals surface area contributed by atoms with Gasteiger partial charge in [-0.3, -0.25) is 0 Å². The summed E-state index contributed by atoms with van der Waals surface area (Å²) in [7, 11) is 0. The zero-order valence-electron chi connectivity index (χ0n) is 14.9. The number of anilines is 2. The summed E-state index contributed by atoms with van der Waals surface area (Å²) in [5.41, 5.74) is 0.905. The number of rotatable bonds is 7. The third kappa shape index (κ3) is 7.94. The number of allylic oxidation sites excluding steroid dienone is 2. The second-order valence-electron chi connectivity index (χ2n) is 4.75. The van der Waals surface area contributed by atoms with Crippen molar-refractivity contribution in [3.63, 3.8) is 0 Å². The minimum atomic E-state index is -0.519. The molecule has 0 saturated heterocycles. The molecule has 0 aliphatic rings. The van der Waals surface area contributed by atoms with E-state index in [1.165, 1.54) is 0 Å². The summed E-state index contributed by atoms with van der Waals surface area (Å²) in [4.78, 5) is 8.00. The molecule has 132 valence electrons. The monoisotopic (exact) mass is 339 g/mol. The first-order chi connectivity index (χ1) is 12.2. The highest BCUT2D eigenvalue weighted by molar-refractivity contribution is 5.56. The van der Waals surface area contributed by atoms with Crippen molar-refractivity contribution in [1.82, 2.24) is 4.98 Å². The molecule has 1 heterocycles. The van der Waals surface area contributed by atoms with Crippen LogP contribution in [0.25, 0.3) is 0 Å². The quantitative estimate of drug-likeness (QED) is 0.435. The first kappa shape index (κ1) is 20.1. The third-order valence-electron chi connectivity index (χ3n) is 2.80. The van der Waals surface area contributed by atoms with Crippen molar-refractivity contribution in [1.29, 1.82) is 0 Å². The van der Waals surface area contributed by atoms with E-state index in [2.05, 4.69) is 22.0 Å². The van der Waals surface area contributed by atoms with E-state index in [0.29, 0.717) is 11.6 Å². The second kappa shape index (κ2) is 11.6. The minimum Gasteiger partial charge on any atom is -0.439 e. The lowest BCUT2D eigenvalue weighted by Crippen LogP contribution is -1.95. The molecule has 0 bridgehead atoms. The number of nitrogens with one attached hydrogen (secondary N) is 1. The van der Waals surface area contributed by atoms with Gasteiger partial charge in [-0.1, -0.05) is 32.1 Å². The SMILES string of the molecule is C=N/C(=C/C=C/C(C)O)Oc1ccc(Nc2ccccn2)cc1.CC. The number of pyridine rings is 1. The molecule has 1 aromatic heterocycles. The Balaban J connectivity index is 0.00000151. The number of aliphatic hydroxyl groups excluding tert-OH is 1. The fraction of sp³-hybridized carbons (Fsp3) is 0.200. The van der Waals surface area contributed by atoms with Crippen molar-refractivity contribution in [2.45, 2.75) is 26.9 Å².